The predicted octanol–water partition coefficient (Wildman–Crippen LogP) is 13.6. The van der Waals surface area contributed by atoms with Gasteiger partial charge in [0, 0.05) is 6.42 Å². The zero-order valence-electron chi connectivity index (χ0n) is 37.6. The number of carbonyl (C=O) groups is 2. The highest BCUT2D eigenvalue weighted by molar-refractivity contribution is 5.48. The number of carbonyl (C=O) groups excluding carboxylic acids is 2. The number of rotatable bonds is 9. The molecule has 0 bridgehead atoms. The first-order chi connectivity index (χ1) is 28.7. The van der Waals surface area contributed by atoms with Crippen LogP contribution in [0.25, 0.3) is 0 Å². The molecule has 6 rings (SSSR count). The molecule has 0 aliphatic carbocycles. The third-order valence-corrected chi connectivity index (χ3v) is 7.41. The van der Waals surface area contributed by atoms with Crippen LogP contribution in [0.4, 0.5) is 0 Å². The number of aromatic hydroxyl groups is 2. The van der Waals surface area contributed by atoms with Gasteiger partial charge in [0.2, 0.25) is 0 Å². The van der Waals surface area contributed by atoms with Crippen molar-refractivity contribution in [2.75, 3.05) is 0 Å². The average molecular weight is 809 g/mol. The van der Waals surface area contributed by atoms with Gasteiger partial charge in [-0.15, -0.1) is 0 Å². The highest BCUT2D eigenvalue weighted by atomic mass is 17.1. The Kier molecular flexibility index (Phi) is 39.0. The summed E-state index contributed by atoms with van der Waals surface area (Å²) in [6, 6.07) is 57.7. The van der Waals surface area contributed by atoms with Crippen molar-refractivity contribution >= 4 is 12.6 Å². The molecule has 8 nitrogen and oxygen atoms in total. The summed E-state index contributed by atoms with van der Waals surface area (Å²) in [5.74, 6) is 0.644. The standard InChI is InChI=1S/C9H12O2.C9H12.C8H10O2.C8H10.2C6H6O.C3H6O.C2H4O/c1-2-9(11-10)8-6-4-3-5-7-8;1-2-6-9-7-4-3-5-8-9;1-7(10-9)8-5-3-2-4-6-8;1-2-8-6-4-3-5-7-8;2*7-6-4-2-1-3-5-6;1-2-3-4;1-2-3/h3-7,9-10H,2H2,1H3;3-5,7-8H,2,6H2,1H3;2-7,9H,1H3;3-7H,2H2,1H3;2*1-5,7H;3H,2H2,1H3;2H,1H3/p+2. The number of hydrogen-bond donors (Lipinski definition) is 4. The van der Waals surface area contributed by atoms with Crippen LogP contribution in [0.2, 0.25) is 0 Å². The monoisotopic (exact) mass is 808 g/mol. The number of aldehydes is 2. The Morgan fingerprint density at radius 3 is 1.08 bits per heavy atom. The summed E-state index contributed by atoms with van der Waals surface area (Å²) in [4.78, 5) is 26.4. The quantitative estimate of drug-likeness (QED) is 0.0644. The molecule has 0 fully saturated rings. The lowest BCUT2D eigenvalue weighted by Gasteiger charge is -2.09. The lowest BCUT2D eigenvalue weighted by atomic mass is 10.1. The van der Waals surface area contributed by atoms with Crippen LogP contribution in [0, 0.1) is 0 Å². The fourth-order valence-corrected chi connectivity index (χ4v) is 4.33. The summed E-state index contributed by atoms with van der Waals surface area (Å²) in [6.07, 6.45) is 6.21. The molecule has 0 aliphatic rings. The first-order valence-electron chi connectivity index (χ1n) is 19.8. The van der Waals surface area contributed by atoms with E-state index < -0.39 is 0 Å². The fraction of sp³-hybridized carbons (Fsp3) is 0.255. The lowest BCUT2D eigenvalue weighted by Crippen LogP contribution is -1.98. The second kappa shape index (κ2) is 41.7. The third kappa shape index (κ3) is 33.9. The van der Waals surface area contributed by atoms with E-state index in [4.69, 9.17) is 25.5 Å². The van der Waals surface area contributed by atoms with Crippen molar-refractivity contribution in [3.05, 3.63) is 204 Å². The number of para-hydroxylation sites is 2. The predicted molar refractivity (Wildman–Crippen MR) is 245 cm³/mol. The lowest BCUT2D eigenvalue weighted by molar-refractivity contribution is -0.282. The number of phenols is 2. The maximum Gasteiger partial charge on any atom is 1.00 e. The molecule has 2 atom stereocenters. The number of aryl methyl sites for hydroxylation is 2. The van der Waals surface area contributed by atoms with E-state index in [1.807, 2.05) is 92.7 Å². The topological polar surface area (TPSA) is 134 Å². The van der Waals surface area contributed by atoms with Gasteiger partial charge in [-0.3, -0.25) is 10.5 Å². The van der Waals surface area contributed by atoms with Gasteiger partial charge in [-0.05, 0) is 79.6 Å². The van der Waals surface area contributed by atoms with E-state index in [2.05, 4.69) is 78.2 Å². The molecule has 8 heteroatoms. The Balaban J connectivity index is -0.000000310. The summed E-state index contributed by atoms with van der Waals surface area (Å²) in [5, 5.41) is 34.0. The Morgan fingerprint density at radius 2 is 0.847 bits per heavy atom. The van der Waals surface area contributed by atoms with E-state index in [1.165, 1.54) is 30.9 Å². The van der Waals surface area contributed by atoms with Crippen molar-refractivity contribution in [3.8, 4) is 11.5 Å². The molecule has 6 aromatic rings. The molecule has 59 heavy (non-hydrogen) atoms. The van der Waals surface area contributed by atoms with E-state index >= 15 is 0 Å². The van der Waals surface area contributed by atoms with Crippen LogP contribution < -0.4 is 0 Å². The van der Waals surface area contributed by atoms with E-state index in [9.17, 15) is 4.79 Å². The Bertz CT molecular complexity index is 1680. The van der Waals surface area contributed by atoms with Crippen LogP contribution >= 0.6 is 0 Å². The van der Waals surface area contributed by atoms with Gasteiger partial charge >= 0.3 is 2.85 Å². The molecule has 0 aromatic heterocycles. The van der Waals surface area contributed by atoms with Crippen LogP contribution in [0.1, 0.15) is 98.1 Å². The largest absolute Gasteiger partial charge is 1.00 e. The molecule has 0 saturated heterocycles. The van der Waals surface area contributed by atoms with Crippen molar-refractivity contribution in [3.63, 3.8) is 0 Å². The van der Waals surface area contributed by atoms with Gasteiger partial charge in [0.25, 0.3) is 0 Å². The second-order valence-electron chi connectivity index (χ2n) is 12.1. The molecule has 0 spiro atoms. The molecule has 0 heterocycles. The summed E-state index contributed by atoms with van der Waals surface area (Å²) in [5.41, 5.74) is 4.84. The van der Waals surface area contributed by atoms with Gasteiger partial charge in [0.15, 0.2) is 0 Å². The molecule has 318 valence electrons. The SMILES string of the molecule is CC(OO)c1ccccc1.CC=O.CCC(OO)c1ccccc1.CCC=O.CCCc1ccccc1.CCc1ccccc1.Oc1ccccc1.Oc1ccccc1.[H+].[H+]. The molecule has 4 N–H and O–H groups in total. The number of benzene rings is 6. The van der Waals surface area contributed by atoms with Crippen LogP contribution in [-0.2, 0) is 32.2 Å². The van der Waals surface area contributed by atoms with Gasteiger partial charge in [0.1, 0.15) is 36.3 Å². The van der Waals surface area contributed by atoms with E-state index in [0.29, 0.717) is 17.9 Å². The highest BCUT2D eigenvalue weighted by Gasteiger charge is 2.07. The van der Waals surface area contributed by atoms with Gasteiger partial charge in [-0.2, -0.15) is 0 Å². The van der Waals surface area contributed by atoms with Crippen LogP contribution in [0.15, 0.2) is 182 Å². The van der Waals surface area contributed by atoms with Crippen molar-refractivity contribution in [1.82, 2.24) is 0 Å². The minimum Gasteiger partial charge on any atom is -0.508 e. The van der Waals surface area contributed by atoms with E-state index in [0.717, 1.165) is 36.5 Å². The normalized spacial score (nSPS) is 9.97. The van der Waals surface area contributed by atoms with Crippen molar-refractivity contribution in [2.45, 2.75) is 85.9 Å². The van der Waals surface area contributed by atoms with Crippen LogP contribution in [0.5, 0.6) is 11.5 Å². The van der Waals surface area contributed by atoms with Crippen LogP contribution in [-0.4, -0.2) is 33.3 Å². The number of phenolic OH excluding ortho intramolecular Hbond substituents is 2. The zero-order valence-corrected chi connectivity index (χ0v) is 35.6. The summed E-state index contributed by atoms with van der Waals surface area (Å²) in [7, 11) is 0. The molecule has 2 unspecified atom stereocenters. The molecule has 6 aromatic carbocycles. The van der Waals surface area contributed by atoms with Gasteiger partial charge in [0.05, 0.1) is 0 Å². The summed E-state index contributed by atoms with van der Waals surface area (Å²) in [6.45, 7) is 11.4. The van der Waals surface area contributed by atoms with Crippen LogP contribution in [0.3, 0.4) is 0 Å². The molecular weight excluding hydrogens is 741 g/mol. The molecule has 0 radical (unpaired) electrons. The minimum absolute atomic E-state index is 0. The van der Waals surface area contributed by atoms with E-state index in [-0.39, 0.29) is 15.1 Å². The van der Waals surface area contributed by atoms with Gasteiger partial charge < -0.3 is 19.8 Å². The summed E-state index contributed by atoms with van der Waals surface area (Å²) >= 11 is 0. The average Bonchev–Trinajstić information content (AvgIpc) is 3.30. The molecule has 0 aliphatic heterocycles. The Hall–Kier alpha value is -5.90. The Morgan fingerprint density at radius 1 is 0.525 bits per heavy atom. The maximum absolute atomic E-state index is 9.17. The highest BCUT2D eigenvalue weighted by Crippen LogP contribution is 2.18. The first-order valence-corrected chi connectivity index (χ1v) is 19.8. The van der Waals surface area contributed by atoms with Crippen molar-refractivity contribution in [1.29, 1.82) is 0 Å². The fourth-order valence-electron chi connectivity index (χ4n) is 4.33. The summed E-state index contributed by atoms with van der Waals surface area (Å²) < 4.78 is 0. The zero-order chi connectivity index (χ0) is 44.2. The maximum atomic E-state index is 9.17. The van der Waals surface area contributed by atoms with Crippen molar-refractivity contribution in [2.24, 2.45) is 0 Å². The first kappa shape index (κ1) is 55.2. The minimum atomic E-state index is -0.235. The second-order valence-corrected chi connectivity index (χ2v) is 12.1. The third-order valence-electron chi connectivity index (χ3n) is 7.41. The number of hydrogen-bond acceptors (Lipinski definition) is 8. The van der Waals surface area contributed by atoms with Gasteiger partial charge in [-0.1, -0.05) is 192 Å². The van der Waals surface area contributed by atoms with Crippen molar-refractivity contribution < 1.29 is 42.9 Å². The molecular formula is C51H68O8+2. The molecule has 0 amide bonds. The smallest absolute Gasteiger partial charge is 0.508 e. The van der Waals surface area contributed by atoms with Gasteiger partial charge in [-0.25, -0.2) is 9.78 Å². The Labute approximate surface area is 356 Å². The van der Waals surface area contributed by atoms with E-state index in [1.54, 1.807) is 55.5 Å². The molecule has 0 saturated carbocycles.